The van der Waals surface area contributed by atoms with Crippen LogP contribution in [-0.2, 0) is 0 Å². The molecule has 0 radical (unpaired) electrons. The number of urea groups is 1. The number of benzene rings is 2. The van der Waals surface area contributed by atoms with E-state index in [4.69, 9.17) is 10.5 Å². The standard InChI is InChI=1S/C22H19N5O3/c1-30-18-5-3-2-4-16(18)27-22(29)25-14-8-6-13(7-9-14)19-15-10-11-24-12-17(15)26-20(19)21(23)28/h2-12,26H,1H3,(H2,23,28)(H2,25,27,29). The molecule has 0 aliphatic rings. The van der Waals surface area contributed by atoms with E-state index < -0.39 is 11.9 Å². The quantitative estimate of drug-likeness (QED) is 0.404. The summed E-state index contributed by atoms with van der Waals surface area (Å²) < 4.78 is 5.23. The number of fused-ring (bicyclic) bond motifs is 1. The minimum Gasteiger partial charge on any atom is -0.495 e. The Hall–Kier alpha value is -4.33. The number of pyridine rings is 1. The van der Waals surface area contributed by atoms with Gasteiger partial charge in [0.25, 0.3) is 5.91 Å². The second-order valence-electron chi connectivity index (χ2n) is 6.52. The van der Waals surface area contributed by atoms with Crippen LogP contribution in [0.1, 0.15) is 10.5 Å². The van der Waals surface area contributed by atoms with Crippen molar-refractivity contribution >= 4 is 34.2 Å². The smallest absolute Gasteiger partial charge is 0.323 e. The number of aromatic nitrogens is 2. The van der Waals surface area contributed by atoms with E-state index in [1.807, 2.05) is 24.3 Å². The number of rotatable bonds is 5. The topological polar surface area (TPSA) is 122 Å². The first-order chi connectivity index (χ1) is 14.6. The van der Waals surface area contributed by atoms with E-state index >= 15 is 0 Å². The molecule has 2 heterocycles. The maximum absolute atomic E-state index is 12.3. The second kappa shape index (κ2) is 7.96. The molecule has 30 heavy (non-hydrogen) atoms. The molecule has 8 nitrogen and oxygen atoms in total. The largest absolute Gasteiger partial charge is 0.495 e. The van der Waals surface area contributed by atoms with Gasteiger partial charge >= 0.3 is 6.03 Å². The number of carbonyl (C=O) groups excluding carboxylic acids is 2. The van der Waals surface area contributed by atoms with Crippen molar-refractivity contribution in [1.29, 1.82) is 0 Å². The molecule has 0 fully saturated rings. The molecule has 0 saturated heterocycles. The van der Waals surface area contributed by atoms with Gasteiger partial charge in [-0.3, -0.25) is 9.78 Å². The normalized spacial score (nSPS) is 10.6. The van der Waals surface area contributed by atoms with E-state index in [0.29, 0.717) is 28.4 Å². The maximum atomic E-state index is 12.3. The molecular weight excluding hydrogens is 382 g/mol. The van der Waals surface area contributed by atoms with Crippen molar-refractivity contribution in [3.63, 3.8) is 0 Å². The summed E-state index contributed by atoms with van der Waals surface area (Å²) in [4.78, 5) is 31.3. The number of methoxy groups -OCH3 is 1. The summed E-state index contributed by atoms with van der Waals surface area (Å²) >= 11 is 0. The molecule has 0 bridgehead atoms. The van der Waals surface area contributed by atoms with Crippen molar-refractivity contribution in [3.8, 4) is 16.9 Å². The zero-order valence-electron chi connectivity index (χ0n) is 16.1. The van der Waals surface area contributed by atoms with Gasteiger partial charge in [-0.15, -0.1) is 0 Å². The number of nitrogens with two attached hydrogens (primary N) is 1. The predicted octanol–water partition coefficient (Wildman–Crippen LogP) is 3.98. The monoisotopic (exact) mass is 401 g/mol. The Morgan fingerprint density at radius 1 is 1.03 bits per heavy atom. The lowest BCUT2D eigenvalue weighted by Gasteiger charge is -2.11. The Kier molecular flexibility index (Phi) is 5.04. The van der Waals surface area contributed by atoms with Gasteiger partial charge in [-0.05, 0) is 35.9 Å². The van der Waals surface area contributed by atoms with Crippen molar-refractivity contribution < 1.29 is 14.3 Å². The summed E-state index contributed by atoms with van der Waals surface area (Å²) in [6, 6.07) is 15.7. The average Bonchev–Trinajstić information content (AvgIpc) is 3.15. The zero-order chi connectivity index (χ0) is 21.1. The van der Waals surface area contributed by atoms with E-state index in [2.05, 4.69) is 20.6 Å². The fourth-order valence-electron chi connectivity index (χ4n) is 3.28. The summed E-state index contributed by atoms with van der Waals surface area (Å²) in [5.74, 6) is 0.00962. The predicted molar refractivity (Wildman–Crippen MR) is 116 cm³/mol. The molecule has 8 heteroatoms. The summed E-state index contributed by atoms with van der Waals surface area (Å²) in [5.41, 5.74) is 9.22. The molecule has 4 aromatic rings. The minimum atomic E-state index is -0.556. The molecule has 0 unspecified atom stereocenters. The van der Waals surface area contributed by atoms with Crippen molar-refractivity contribution in [2.75, 3.05) is 17.7 Å². The number of carbonyl (C=O) groups is 2. The Morgan fingerprint density at radius 2 is 1.80 bits per heavy atom. The zero-order valence-corrected chi connectivity index (χ0v) is 16.1. The highest BCUT2D eigenvalue weighted by Gasteiger charge is 2.17. The highest BCUT2D eigenvalue weighted by Crippen LogP contribution is 2.32. The number of hydrogen-bond acceptors (Lipinski definition) is 4. The molecule has 2 aromatic heterocycles. The Morgan fingerprint density at radius 3 is 2.53 bits per heavy atom. The Balaban J connectivity index is 1.57. The van der Waals surface area contributed by atoms with Crippen LogP contribution in [0.25, 0.3) is 22.0 Å². The van der Waals surface area contributed by atoms with E-state index in [9.17, 15) is 9.59 Å². The Bertz CT molecular complexity index is 1230. The molecule has 5 N–H and O–H groups in total. The van der Waals surface area contributed by atoms with Crippen molar-refractivity contribution in [2.24, 2.45) is 5.73 Å². The summed E-state index contributed by atoms with van der Waals surface area (Å²) in [5, 5.41) is 6.37. The summed E-state index contributed by atoms with van der Waals surface area (Å²) in [6.45, 7) is 0. The molecular formula is C22H19N5O3. The molecule has 0 atom stereocenters. The van der Waals surface area contributed by atoms with Crippen LogP contribution in [0.15, 0.2) is 67.0 Å². The molecule has 0 aliphatic heterocycles. The number of H-pyrrole nitrogens is 1. The highest BCUT2D eigenvalue weighted by molar-refractivity contribution is 6.09. The Labute approximate surface area is 172 Å². The molecule has 0 aliphatic carbocycles. The number of nitrogens with one attached hydrogen (secondary N) is 3. The molecule has 0 saturated carbocycles. The minimum absolute atomic E-state index is 0.313. The van der Waals surface area contributed by atoms with Gasteiger partial charge < -0.3 is 26.1 Å². The van der Waals surface area contributed by atoms with Gasteiger partial charge in [-0.1, -0.05) is 24.3 Å². The fraction of sp³-hybridized carbons (Fsp3) is 0.0455. The number of ether oxygens (including phenoxy) is 1. The first-order valence-corrected chi connectivity index (χ1v) is 9.14. The number of primary amides is 1. The lowest BCUT2D eigenvalue weighted by molar-refractivity contribution is 0.0997. The molecule has 0 spiro atoms. The molecule has 3 amide bonds. The number of para-hydroxylation sites is 2. The number of anilines is 2. The van der Waals surface area contributed by atoms with Crippen LogP contribution in [-0.4, -0.2) is 29.0 Å². The lowest BCUT2D eigenvalue weighted by Crippen LogP contribution is -2.19. The van der Waals surface area contributed by atoms with Crippen LogP contribution in [0.2, 0.25) is 0 Å². The first-order valence-electron chi connectivity index (χ1n) is 9.14. The fourth-order valence-corrected chi connectivity index (χ4v) is 3.28. The van der Waals surface area contributed by atoms with Gasteiger partial charge in [-0.25, -0.2) is 4.79 Å². The van der Waals surface area contributed by atoms with Crippen molar-refractivity contribution in [2.45, 2.75) is 0 Å². The van der Waals surface area contributed by atoms with Crippen molar-refractivity contribution in [1.82, 2.24) is 9.97 Å². The van der Waals surface area contributed by atoms with Gasteiger partial charge in [0, 0.05) is 22.8 Å². The van der Waals surface area contributed by atoms with Gasteiger partial charge in [0.2, 0.25) is 0 Å². The number of hydrogen-bond donors (Lipinski definition) is 4. The van der Waals surface area contributed by atoms with E-state index in [-0.39, 0.29) is 0 Å². The second-order valence-corrected chi connectivity index (χ2v) is 6.52. The van der Waals surface area contributed by atoms with Crippen LogP contribution in [0.5, 0.6) is 5.75 Å². The van der Waals surface area contributed by atoms with Crippen LogP contribution in [0.3, 0.4) is 0 Å². The molecule has 150 valence electrons. The lowest BCUT2D eigenvalue weighted by atomic mass is 10.0. The van der Waals surface area contributed by atoms with Gasteiger partial charge in [0.05, 0.1) is 24.5 Å². The van der Waals surface area contributed by atoms with Gasteiger partial charge in [0.15, 0.2) is 0 Å². The first kappa shape index (κ1) is 19.0. The van der Waals surface area contributed by atoms with E-state index in [0.717, 1.165) is 16.5 Å². The number of amides is 3. The third-order valence-corrected chi connectivity index (χ3v) is 4.63. The average molecular weight is 401 g/mol. The summed E-state index contributed by atoms with van der Waals surface area (Å²) in [7, 11) is 1.54. The van der Waals surface area contributed by atoms with E-state index in [1.165, 1.54) is 7.11 Å². The highest BCUT2D eigenvalue weighted by atomic mass is 16.5. The van der Waals surface area contributed by atoms with Crippen molar-refractivity contribution in [3.05, 3.63) is 72.7 Å². The molecule has 4 rings (SSSR count). The third-order valence-electron chi connectivity index (χ3n) is 4.63. The van der Waals surface area contributed by atoms with Crippen LogP contribution >= 0.6 is 0 Å². The molecule has 2 aromatic carbocycles. The van der Waals surface area contributed by atoms with Crippen LogP contribution < -0.4 is 21.1 Å². The van der Waals surface area contributed by atoms with Crippen LogP contribution in [0.4, 0.5) is 16.2 Å². The van der Waals surface area contributed by atoms with Gasteiger partial charge in [0.1, 0.15) is 11.4 Å². The SMILES string of the molecule is COc1ccccc1NC(=O)Nc1ccc(-c2c(C(N)=O)[nH]c3cnccc23)cc1. The maximum Gasteiger partial charge on any atom is 0.323 e. The number of aromatic amines is 1. The summed E-state index contributed by atoms with van der Waals surface area (Å²) in [6.07, 6.45) is 3.30. The van der Waals surface area contributed by atoms with Crippen LogP contribution in [0, 0.1) is 0 Å². The van der Waals surface area contributed by atoms with Gasteiger partial charge in [-0.2, -0.15) is 0 Å². The van der Waals surface area contributed by atoms with E-state index in [1.54, 1.807) is 42.7 Å². The number of nitrogens with zero attached hydrogens (tertiary/aromatic N) is 1. The third kappa shape index (κ3) is 3.66.